The largest absolute Gasteiger partial charge is 0.399 e. The number of hydrogen-bond acceptors (Lipinski definition) is 3. The third kappa shape index (κ3) is 1.77. The molecule has 0 aliphatic rings. The molecule has 3 rings (SSSR count). The van der Waals surface area contributed by atoms with Gasteiger partial charge in [0.2, 0.25) is 0 Å². The molecule has 3 aromatic rings. The summed E-state index contributed by atoms with van der Waals surface area (Å²) in [6.45, 7) is 4.25. The molecule has 0 unspecified atom stereocenters. The van der Waals surface area contributed by atoms with Gasteiger partial charge in [0.15, 0.2) is 0 Å². The molecule has 90 valence electrons. The van der Waals surface area contributed by atoms with Crippen LogP contribution in [0.4, 0.5) is 5.69 Å². The van der Waals surface area contributed by atoms with Crippen molar-refractivity contribution in [3.8, 4) is 10.6 Å². The van der Waals surface area contributed by atoms with Gasteiger partial charge in [0.25, 0.3) is 0 Å². The highest BCUT2D eigenvalue weighted by atomic mass is 32.1. The maximum Gasteiger partial charge on any atom is 0.124 e. The Bertz CT molecular complexity index is 711. The summed E-state index contributed by atoms with van der Waals surface area (Å²) >= 11 is 1.73. The Hall–Kier alpha value is -1.87. The van der Waals surface area contributed by atoms with E-state index in [9.17, 15) is 0 Å². The Morgan fingerprint density at radius 1 is 1.00 bits per heavy atom. The van der Waals surface area contributed by atoms with Gasteiger partial charge in [-0.15, -0.1) is 11.3 Å². The molecule has 1 heterocycles. The average molecular weight is 254 g/mol. The summed E-state index contributed by atoms with van der Waals surface area (Å²) in [4.78, 5) is 4.75. The molecule has 2 nitrogen and oxygen atoms in total. The Kier molecular flexibility index (Phi) is 2.56. The van der Waals surface area contributed by atoms with Crippen LogP contribution >= 0.6 is 11.3 Å². The maximum absolute atomic E-state index is 5.71. The lowest BCUT2D eigenvalue weighted by Gasteiger charge is -1.98. The topological polar surface area (TPSA) is 38.9 Å². The number of thiazole rings is 1. The van der Waals surface area contributed by atoms with Gasteiger partial charge in [-0.3, -0.25) is 0 Å². The zero-order chi connectivity index (χ0) is 12.7. The Labute approximate surface area is 110 Å². The SMILES string of the molecule is Cc1ccc2sc(-c3ccc(N)cc3)nc2c1C. The van der Waals surface area contributed by atoms with Crippen molar-refractivity contribution in [2.75, 3.05) is 5.73 Å². The maximum atomic E-state index is 5.71. The lowest BCUT2D eigenvalue weighted by Crippen LogP contribution is -1.84. The first-order chi connectivity index (χ1) is 8.65. The molecule has 3 heteroatoms. The third-order valence-corrected chi connectivity index (χ3v) is 4.31. The number of nitrogens with two attached hydrogens (primary N) is 1. The molecule has 0 aliphatic carbocycles. The predicted molar refractivity (Wildman–Crippen MR) is 78.9 cm³/mol. The number of nitrogens with zero attached hydrogens (tertiary/aromatic N) is 1. The molecule has 2 aromatic carbocycles. The van der Waals surface area contributed by atoms with E-state index in [0.717, 1.165) is 21.8 Å². The zero-order valence-electron chi connectivity index (χ0n) is 10.4. The Morgan fingerprint density at radius 3 is 2.44 bits per heavy atom. The lowest BCUT2D eigenvalue weighted by molar-refractivity contribution is 1.34. The molecule has 18 heavy (non-hydrogen) atoms. The van der Waals surface area contributed by atoms with Gasteiger partial charge in [-0.25, -0.2) is 4.98 Å². The fourth-order valence-electron chi connectivity index (χ4n) is 1.98. The van der Waals surface area contributed by atoms with Crippen molar-refractivity contribution < 1.29 is 0 Å². The fraction of sp³-hybridized carbons (Fsp3) is 0.133. The van der Waals surface area contributed by atoms with Crippen molar-refractivity contribution >= 4 is 27.2 Å². The lowest BCUT2D eigenvalue weighted by atomic mass is 10.1. The molecule has 0 bridgehead atoms. The first kappa shape index (κ1) is 11.2. The molecule has 2 N–H and O–H groups in total. The zero-order valence-corrected chi connectivity index (χ0v) is 11.2. The summed E-state index contributed by atoms with van der Waals surface area (Å²) < 4.78 is 1.24. The first-order valence-electron chi connectivity index (χ1n) is 5.88. The molecular weight excluding hydrogens is 240 g/mol. The van der Waals surface area contributed by atoms with Crippen molar-refractivity contribution in [2.24, 2.45) is 0 Å². The van der Waals surface area contributed by atoms with Gasteiger partial charge in [0.05, 0.1) is 10.2 Å². The second kappa shape index (κ2) is 4.10. The summed E-state index contributed by atoms with van der Waals surface area (Å²) in [6, 6.07) is 12.2. The molecule has 0 fully saturated rings. The van der Waals surface area contributed by atoms with Crippen LogP contribution in [0.3, 0.4) is 0 Å². The normalized spacial score (nSPS) is 11.0. The smallest absolute Gasteiger partial charge is 0.124 e. The van der Waals surface area contributed by atoms with Gasteiger partial charge in [0, 0.05) is 11.3 Å². The number of rotatable bonds is 1. The first-order valence-corrected chi connectivity index (χ1v) is 6.69. The van der Waals surface area contributed by atoms with Gasteiger partial charge >= 0.3 is 0 Å². The van der Waals surface area contributed by atoms with Crippen molar-refractivity contribution in [1.82, 2.24) is 4.98 Å². The molecule has 0 radical (unpaired) electrons. The van der Waals surface area contributed by atoms with E-state index in [0.29, 0.717) is 0 Å². The van der Waals surface area contributed by atoms with Gasteiger partial charge in [-0.1, -0.05) is 6.07 Å². The van der Waals surface area contributed by atoms with Crippen LogP contribution in [0.15, 0.2) is 36.4 Å². The third-order valence-electron chi connectivity index (χ3n) is 3.24. The van der Waals surface area contributed by atoms with Gasteiger partial charge in [-0.05, 0) is 55.3 Å². The van der Waals surface area contributed by atoms with Gasteiger partial charge in [0.1, 0.15) is 5.01 Å². The summed E-state index contributed by atoms with van der Waals surface area (Å²) in [6.07, 6.45) is 0. The quantitative estimate of drug-likeness (QED) is 0.662. The Morgan fingerprint density at radius 2 is 1.72 bits per heavy atom. The van der Waals surface area contributed by atoms with E-state index in [2.05, 4.69) is 26.0 Å². The van der Waals surface area contributed by atoms with Gasteiger partial charge < -0.3 is 5.73 Å². The Balaban J connectivity index is 2.19. The molecule has 0 saturated heterocycles. The molecule has 0 aliphatic heterocycles. The second-order valence-corrected chi connectivity index (χ2v) is 5.53. The van der Waals surface area contributed by atoms with Crippen LogP contribution in [-0.4, -0.2) is 4.98 Å². The molecule has 0 atom stereocenters. The number of aryl methyl sites for hydroxylation is 2. The van der Waals surface area contributed by atoms with Gasteiger partial charge in [-0.2, -0.15) is 0 Å². The van der Waals surface area contributed by atoms with Crippen molar-refractivity contribution in [3.63, 3.8) is 0 Å². The van der Waals surface area contributed by atoms with E-state index in [4.69, 9.17) is 10.7 Å². The van der Waals surface area contributed by atoms with Crippen LogP contribution in [0.25, 0.3) is 20.8 Å². The minimum absolute atomic E-state index is 0.784. The summed E-state index contributed by atoms with van der Waals surface area (Å²) in [7, 11) is 0. The van der Waals surface area contributed by atoms with Crippen LogP contribution in [0.5, 0.6) is 0 Å². The average Bonchev–Trinajstić information content (AvgIpc) is 2.80. The van der Waals surface area contributed by atoms with Crippen LogP contribution in [0, 0.1) is 13.8 Å². The monoisotopic (exact) mass is 254 g/mol. The van der Waals surface area contributed by atoms with Crippen LogP contribution < -0.4 is 5.73 Å². The highest BCUT2D eigenvalue weighted by Gasteiger charge is 2.09. The summed E-state index contributed by atoms with van der Waals surface area (Å²) in [5.41, 5.74) is 11.3. The van der Waals surface area contributed by atoms with E-state index in [1.807, 2.05) is 24.3 Å². The number of aromatic nitrogens is 1. The van der Waals surface area contributed by atoms with Crippen molar-refractivity contribution in [3.05, 3.63) is 47.5 Å². The highest BCUT2D eigenvalue weighted by Crippen LogP contribution is 2.32. The molecular formula is C15H14N2S. The van der Waals surface area contributed by atoms with Crippen LogP contribution in [-0.2, 0) is 0 Å². The number of fused-ring (bicyclic) bond motifs is 1. The van der Waals surface area contributed by atoms with E-state index in [1.165, 1.54) is 15.8 Å². The minimum Gasteiger partial charge on any atom is -0.399 e. The minimum atomic E-state index is 0.784. The van der Waals surface area contributed by atoms with E-state index in [-0.39, 0.29) is 0 Å². The highest BCUT2D eigenvalue weighted by molar-refractivity contribution is 7.21. The number of hydrogen-bond donors (Lipinski definition) is 1. The molecule has 0 amide bonds. The standard InChI is InChI=1S/C15H14N2S/c1-9-3-8-13-14(10(9)2)17-15(18-13)11-4-6-12(16)7-5-11/h3-8H,16H2,1-2H3. The van der Waals surface area contributed by atoms with E-state index in [1.54, 1.807) is 11.3 Å². The molecule has 1 aromatic heterocycles. The number of nitrogen functional groups attached to an aromatic ring is 1. The van der Waals surface area contributed by atoms with E-state index >= 15 is 0 Å². The predicted octanol–water partition coefficient (Wildman–Crippen LogP) is 4.16. The molecule has 0 spiro atoms. The number of anilines is 1. The second-order valence-electron chi connectivity index (χ2n) is 4.50. The van der Waals surface area contributed by atoms with Crippen LogP contribution in [0.1, 0.15) is 11.1 Å². The van der Waals surface area contributed by atoms with Crippen LogP contribution in [0.2, 0.25) is 0 Å². The number of benzene rings is 2. The van der Waals surface area contributed by atoms with Crippen molar-refractivity contribution in [1.29, 1.82) is 0 Å². The van der Waals surface area contributed by atoms with E-state index < -0.39 is 0 Å². The molecule has 0 saturated carbocycles. The summed E-state index contributed by atoms with van der Waals surface area (Å²) in [5.74, 6) is 0. The summed E-state index contributed by atoms with van der Waals surface area (Å²) in [5, 5.41) is 1.05. The van der Waals surface area contributed by atoms with Crippen molar-refractivity contribution in [2.45, 2.75) is 13.8 Å². The fourth-order valence-corrected chi connectivity index (χ4v) is 3.01.